The number of hydrogen-bond donors (Lipinski definition) is 1. The number of benzene rings is 1. The number of carbonyl (C=O) groups is 1. The van der Waals surface area contributed by atoms with E-state index in [0.29, 0.717) is 6.42 Å². The molecule has 0 bridgehead atoms. The molecular weight excluding hydrogens is 252 g/mol. The minimum atomic E-state index is -0.501. The molecule has 1 amide bonds. The molecule has 1 aromatic heterocycles. The van der Waals surface area contributed by atoms with Gasteiger partial charge in [-0.1, -0.05) is 18.2 Å². The van der Waals surface area contributed by atoms with Crippen molar-refractivity contribution in [1.29, 1.82) is 0 Å². The molecule has 0 radical (unpaired) electrons. The maximum Gasteiger partial charge on any atom is 0.224 e. The van der Waals surface area contributed by atoms with Crippen LogP contribution in [-0.4, -0.2) is 23.4 Å². The summed E-state index contributed by atoms with van der Waals surface area (Å²) >= 11 is 0. The minimum Gasteiger partial charge on any atom is -0.459 e. The molecule has 0 aliphatic rings. The summed E-state index contributed by atoms with van der Waals surface area (Å²) in [6.07, 6.45) is 0.314. The second-order valence-corrected chi connectivity index (χ2v) is 6.03. The quantitative estimate of drug-likeness (QED) is 0.932. The molecule has 4 nitrogen and oxygen atoms in total. The molecule has 0 fully saturated rings. The van der Waals surface area contributed by atoms with Crippen molar-refractivity contribution in [3.63, 3.8) is 0 Å². The van der Waals surface area contributed by atoms with Crippen LogP contribution >= 0.6 is 0 Å². The Morgan fingerprint density at radius 2 is 2.05 bits per heavy atom. The molecule has 0 spiro atoms. The zero-order chi connectivity index (χ0) is 14.9. The fourth-order valence-corrected chi connectivity index (χ4v) is 2.13. The number of nitrogens with two attached hydrogens (primary N) is 1. The van der Waals surface area contributed by atoms with Crippen LogP contribution in [0.3, 0.4) is 0 Å². The van der Waals surface area contributed by atoms with Gasteiger partial charge in [0, 0.05) is 24.4 Å². The summed E-state index contributed by atoms with van der Waals surface area (Å²) in [6.45, 7) is 5.66. The SMILES string of the molecule is CC(c1cc2ccccc2o1)N(C)C(=O)CC(C)(C)N. The van der Waals surface area contributed by atoms with Crippen LogP contribution in [0.15, 0.2) is 34.7 Å². The zero-order valence-electron chi connectivity index (χ0n) is 12.5. The standard InChI is InChI=1S/C16H22N2O2/c1-11(18(4)15(19)10-16(2,3)17)14-9-12-7-5-6-8-13(12)20-14/h5-9,11H,10,17H2,1-4H3. The van der Waals surface area contributed by atoms with Gasteiger partial charge in [-0.15, -0.1) is 0 Å². The smallest absolute Gasteiger partial charge is 0.224 e. The van der Waals surface area contributed by atoms with Gasteiger partial charge < -0.3 is 15.1 Å². The highest BCUT2D eigenvalue weighted by Gasteiger charge is 2.24. The van der Waals surface area contributed by atoms with Crippen LogP contribution in [0.1, 0.15) is 39.0 Å². The average Bonchev–Trinajstić information content (AvgIpc) is 2.78. The molecule has 0 aliphatic heterocycles. The highest BCUT2D eigenvalue weighted by atomic mass is 16.3. The topological polar surface area (TPSA) is 59.5 Å². The van der Waals surface area contributed by atoms with Crippen molar-refractivity contribution in [2.24, 2.45) is 5.73 Å². The third-order valence-electron chi connectivity index (χ3n) is 3.44. The van der Waals surface area contributed by atoms with Crippen molar-refractivity contribution in [2.75, 3.05) is 7.05 Å². The van der Waals surface area contributed by atoms with Crippen LogP contribution in [0, 0.1) is 0 Å². The Balaban J connectivity index is 2.17. The molecule has 0 saturated heterocycles. The van der Waals surface area contributed by atoms with Crippen LogP contribution in [0.2, 0.25) is 0 Å². The maximum atomic E-state index is 12.2. The first-order valence-electron chi connectivity index (χ1n) is 6.81. The average molecular weight is 274 g/mol. The summed E-state index contributed by atoms with van der Waals surface area (Å²) in [5.41, 5.74) is 6.24. The molecule has 1 atom stereocenters. The third-order valence-corrected chi connectivity index (χ3v) is 3.44. The lowest BCUT2D eigenvalue weighted by atomic mass is 10.0. The predicted octanol–water partition coefficient (Wildman–Crippen LogP) is 3.08. The molecule has 2 rings (SSSR count). The van der Waals surface area contributed by atoms with Gasteiger partial charge in [0.25, 0.3) is 0 Å². The lowest BCUT2D eigenvalue weighted by Crippen LogP contribution is -2.40. The van der Waals surface area contributed by atoms with E-state index in [2.05, 4.69) is 0 Å². The van der Waals surface area contributed by atoms with E-state index in [-0.39, 0.29) is 11.9 Å². The number of para-hydroxylation sites is 1. The van der Waals surface area contributed by atoms with Crippen molar-refractivity contribution in [3.05, 3.63) is 36.1 Å². The minimum absolute atomic E-state index is 0.0189. The second kappa shape index (κ2) is 5.29. The van der Waals surface area contributed by atoms with Crippen LogP contribution in [0.25, 0.3) is 11.0 Å². The zero-order valence-corrected chi connectivity index (χ0v) is 12.5. The molecule has 20 heavy (non-hydrogen) atoms. The maximum absolute atomic E-state index is 12.2. The lowest BCUT2D eigenvalue weighted by molar-refractivity contribution is -0.133. The molecule has 1 unspecified atom stereocenters. The van der Waals surface area contributed by atoms with Crippen LogP contribution in [0.4, 0.5) is 0 Å². The van der Waals surface area contributed by atoms with Crippen LogP contribution in [0.5, 0.6) is 0 Å². The van der Waals surface area contributed by atoms with Gasteiger partial charge >= 0.3 is 0 Å². The van der Waals surface area contributed by atoms with Gasteiger partial charge in [-0.25, -0.2) is 0 Å². The van der Waals surface area contributed by atoms with Crippen molar-refractivity contribution < 1.29 is 9.21 Å². The van der Waals surface area contributed by atoms with Crippen molar-refractivity contribution >= 4 is 16.9 Å². The molecule has 1 aromatic carbocycles. The number of carbonyl (C=O) groups excluding carboxylic acids is 1. The molecule has 2 aromatic rings. The number of hydrogen-bond acceptors (Lipinski definition) is 3. The van der Waals surface area contributed by atoms with E-state index < -0.39 is 5.54 Å². The molecule has 1 heterocycles. The van der Waals surface area contributed by atoms with Crippen molar-refractivity contribution in [2.45, 2.75) is 38.8 Å². The Kier molecular flexibility index (Phi) is 3.86. The lowest BCUT2D eigenvalue weighted by Gasteiger charge is -2.27. The van der Waals surface area contributed by atoms with Gasteiger partial charge in [-0.2, -0.15) is 0 Å². The summed E-state index contributed by atoms with van der Waals surface area (Å²) in [7, 11) is 1.78. The van der Waals surface area contributed by atoms with Crippen molar-refractivity contribution in [3.8, 4) is 0 Å². The normalized spacial score (nSPS) is 13.4. The largest absolute Gasteiger partial charge is 0.459 e. The van der Waals surface area contributed by atoms with Gasteiger partial charge in [0.1, 0.15) is 11.3 Å². The van der Waals surface area contributed by atoms with E-state index in [9.17, 15) is 4.79 Å². The summed E-state index contributed by atoms with van der Waals surface area (Å²) in [5.74, 6) is 0.808. The Labute approximate surface area is 119 Å². The summed E-state index contributed by atoms with van der Waals surface area (Å²) < 4.78 is 5.81. The van der Waals surface area contributed by atoms with Crippen LogP contribution in [-0.2, 0) is 4.79 Å². The van der Waals surface area contributed by atoms with Crippen molar-refractivity contribution in [1.82, 2.24) is 4.90 Å². The molecule has 108 valence electrons. The number of rotatable bonds is 4. The van der Waals surface area contributed by atoms with E-state index in [0.717, 1.165) is 16.7 Å². The van der Waals surface area contributed by atoms with Gasteiger partial charge in [-0.05, 0) is 32.9 Å². The van der Waals surface area contributed by atoms with Gasteiger partial charge in [-0.3, -0.25) is 4.79 Å². The highest BCUT2D eigenvalue weighted by Crippen LogP contribution is 2.27. The van der Waals surface area contributed by atoms with E-state index in [1.165, 1.54) is 0 Å². The first-order valence-corrected chi connectivity index (χ1v) is 6.81. The van der Waals surface area contributed by atoms with Gasteiger partial charge in [0.15, 0.2) is 0 Å². The second-order valence-electron chi connectivity index (χ2n) is 6.03. The number of nitrogens with zero attached hydrogens (tertiary/aromatic N) is 1. The number of fused-ring (bicyclic) bond motifs is 1. The van der Waals surface area contributed by atoms with Gasteiger partial charge in [0.2, 0.25) is 5.91 Å². The Hall–Kier alpha value is -1.81. The van der Waals surface area contributed by atoms with E-state index in [4.69, 9.17) is 10.2 Å². The van der Waals surface area contributed by atoms with E-state index >= 15 is 0 Å². The highest BCUT2D eigenvalue weighted by molar-refractivity contribution is 5.79. The number of amides is 1. The Bertz CT molecular complexity index is 577. The predicted molar refractivity (Wildman–Crippen MR) is 80.3 cm³/mol. The molecule has 0 aliphatic carbocycles. The first-order chi connectivity index (χ1) is 9.28. The number of furan rings is 1. The summed E-state index contributed by atoms with van der Waals surface area (Å²) in [6, 6.07) is 9.70. The van der Waals surface area contributed by atoms with E-state index in [1.54, 1.807) is 11.9 Å². The van der Waals surface area contributed by atoms with Gasteiger partial charge in [0.05, 0.1) is 6.04 Å². The first kappa shape index (κ1) is 14.6. The molecular formula is C16H22N2O2. The summed E-state index contributed by atoms with van der Waals surface area (Å²) in [4.78, 5) is 13.9. The van der Waals surface area contributed by atoms with E-state index in [1.807, 2.05) is 51.1 Å². The molecule has 4 heteroatoms. The molecule has 0 saturated carbocycles. The third kappa shape index (κ3) is 3.20. The van der Waals surface area contributed by atoms with Crippen LogP contribution < -0.4 is 5.73 Å². The fourth-order valence-electron chi connectivity index (χ4n) is 2.13. The fraction of sp³-hybridized carbons (Fsp3) is 0.438. The monoisotopic (exact) mass is 274 g/mol. The Morgan fingerprint density at radius 1 is 1.40 bits per heavy atom. The summed E-state index contributed by atoms with van der Waals surface area (Å²) in [5, 5.41) is 1.05. The Morgan fingerprint density at radius 3 is 2.65 bits per heavy atom. The molecule has 2 N–H and O–H groups in total.